The first-order chi connectivity index (χ1) is 15.2. The Labute approximate surface area is 186 Å². The zero-order chi connectivity index (χ0) is 21.1. The lowest BCUT2D eigenvalue weighted by atomic mass is 9.87. The molecular weight excluding hydrogens is 408 g/mol. The summed E-state index contributed by atoms with van der Waals surface area (Å²) >= 11 is 1.37. The molecule has 1 aromatic heterocycles. The molecule has 3 aromatic rings. The summed E-state index contributed by atoms with van der Waals surface area (Å²) in [5.74, 6) is 0.232. The van der Waals surface area contributed by atoms with Gasteiger partial charge in [0.15, 0.2) is 0 Å². The molecule has 2 aromatic carbocycles. The second-order valence-corrected chi connectivity index (χ2v) is 9.27. The van der Waals surface area contributed by atoms with Gasteiger partial charge in [-0.2, -0.15) is 0 Å². The van der Waals surface area contributed by atoms with Gasteiger partial charge in [-0.3, -0.25) is 9.69 Å². The number of hydrogen-bond donors (Lipinski definition) is 0. The van der Waals surface area contributed by atoms with E-state index in [1.54, 1.807) is 0 Å². The van der Waals surface area contributed by atoms with Gasteiger partial charge in [-0.15, -0.1) is 5.10 Å². The van der Waals surface area contributed by atoms with Crippen molar-refractivity contribution < 1.29 is 9.53 Å². The maximum absolute atomic E-state index is 12.8. The molecule has 0 N–H and O–H groups in total. The first-order valence-electron chi connectivity index (χ1n) is 10.7. The number of rotatable bonds is 5. The SMILES string of the molecule is O=C1C[C@@]2(COCCN(Cc3ccc(-c4csnn4)cc3)C2)CN1Cc1ccccc1. The highest BCUT2D eigenvalue weighted by atomic mass is 32.1. The summed E-state index contributed by atoms with van der Waals surface area (Å²) in [6, 6.07) is 18.8. The lowest BCUT2D eigenvalue weighted by Crippen LogP contribution is -2.40. The fourth-order valence-electron chi connectivity index (χ4n) is 4.68. The van der Waals surface area contributed by atoms with E-state index in [2.05, 4.69) is 50.9 Å². The van der Waals surface area contributed by atoms with Gasteiger partial charge >= 0.3 is 0 Å². The second kappa shape index (κ2) is 8.86. The van der Waals surface area contributed by atoms with Crippen molar-refractivity contribution >= 4 is 17.4 Å². The van der Waals surface area contributed by atoms with Gasteiger partial charge in [0.05, 0.1) is 13.2 Å². The summed E-state index contributed by atoms with van der Waals surface area (Å²) in [5.41, 5.74) is 4.31. The van der Waals surface area contributed by atoms with E-state index in [0.717, 1.165) is 37.4 Å². The van der Waals surface area contributed by atoms with Crippen molar-refractivity contribution in [3.63, 3.8) is 0 Å². The number of likely N-dealkylation sites (tertiary alicyclic amines) is 1. The van der Waals surface area contributed by atoms with Gasteiger partial charge in [-0.25, -0.2) is 0 Å². The van der Waals surface area contributed by atoms with E-state index in [4.69, 9.17) is 4.74 Å². The van der Waals surface area contributed by atoms with Crippen LogP contribution in [0.15, 0.2) is 60.0 Å². The van der Waals surface area contributed by atoms with Crippen LogP contribution in [0.3, 0.4) is 0 Å². The van der Waals surface area contributed by atoms with E-state index in [1.165, 1.54) is 22.7 Å². The second-order valence-electron chi connectivity index (χ2n) is 8.66. The predicted molar refractivity (Wildman–Crippen MR) is 120 cm³/mol. The Hall–Kier alpha value is -2.61. The first-order valence-corrected chi connectivity index (χ1v) is 11.5. The normalized spacial score (nSPS) is 22.2. The van der Waals surface area contributed by atoms with Crippen molar-refractivity contribution in [3.05, 3.63) is 71.1 Å². The molecule has 1 spiro atoms. The van der Waals surface area contributed by atoms with Crippen LogP contribution >= 0.6 is 11.5 Å². The minimum atomic E-state index is -0.130. The number of benzene rings is 2. The van der Waals surface area contributed by atoms with Gasteiger partial charge < -0.3 is 9.64 Å². The molecule has 6 nitrogen and oxygen atoms in total. The van der Waals surface area contributed by atoms with Gasteiger partial charge in [0.25, 0.3) is 0 Å². The molecule has 2 aliphatic rings. The summed E-state index contributed by atoms with van der Waals surface area (Å²) in [5, 5.41) is 6.10. The number of hydrogen-bond acceptors (Lipinski definition) is 6. The van der Waals surface area contributed by atoms with Crippen molar-refractivity contribution in [1.29, 1.82) is 0 Å². The lowest BCUT2D eigenvalue weighted by Gasteiger charge is -2.31. The maximum Gasteiger partial charge on any atom is 0.223 e. The van der Waals surface area contributed by atoms with E-state index < -0.39 is 0 Å². The molecule has 2 fully saturated rings. The van der Waals surface area contributed by atoms with Crippen LogP contribution < -0.4 is 0 Å². The smallest absolute Gasteiger partial charge is 0.223 e. The molecule has 7 heteroatoms. The van der Waals surface area contributed by atoms with E-state index in [-0.39, 0.29) is 11.3 Å². The van der Waals surface area contributed by atoms with E-state index in [9.17, 15) is 4.79 Å². The fourth-order valence-corrected chi connectivity index (χ4v) is 5.14. The Morgan fingerprint density at radius 2 is 1.81 bits per heavy atom. The average molecular weight is 435 g/mol. The molecule has 3 heterocycles. The van der Waals surface area contributed by atoms with Gasteiger partial charge in [-0.1, -0.05) is 59.1 Å². The summed E-state index contributed by atoms with van der Waals surface area (Å²) < 4.78 is 9.92. The average Bonchev–Trinajstić information content (AvgIpc) is 3.36. The summed E-state index contributed by atoms with van der Waals surface area (Å²) in [4.78, 5) is 17.3. The highest BCUT2D eigenvalue weighted by Crippen LogP contribution is 2.35. The van der Waals surface area contributed by atoms with Crippen LogP contribution in [0.5, 0.6) is 0 Å². The van der Waals surface area contributed by atoms with E-state index in [1.807, 2.05) is 28.5 Å². The van der Waals surface area contributed by atoms with Crippen molar-refractivity contribution in [2.45, 2.75) is 19.5 Å². The number of carbonyl (C=O) groups excluding carboxylic acids is 1. The van der Waals surface area contributed by atoms with E-state index >= 15 is 0 Å². The molecule has 1 amide bonds. The Balaban J connectivity index is 1.26. The summed E-state index contributed by atoms with van der Waals surface area (Å²) in [6.45, 7) is 5.40. The van der Waals surface area contributed by atoms with Crippen molar-refractivity contribution in [2.24, 2.45) is 5.41 Å². The Morgan fingerprint density at radius 1 is 1.00 bits per heavy atom. The maximum atomic E-state index is 12.8. The van der Waals surface area contributed by atoms with Crippen LogP contribution in [-0.4, -0.2) is 58.1 Å². The van der Waals surface area contributed by atoms with Crippen LogP contribution in [0.1, 0.15) is 17.5 Å². The third-order valence-electron chi connectivity index (χ3n) is 6.16. The molecule has 2 saturated heterocycles. The minimum absolute atomic E-state index is 0.130. The number of amides is 1. The zero-order valence-corrected chi connectivity index (χ0v) is 18.3. The largest absolute Gasteiger partial charge is 0.379 e. The molecule has 0 bridgehead atoms. The molecular formula is C24H26N4O2S. The van der Waals surface area contributed by atoms with Crippen LogP contribution in [0.25, 0.3) is 11.3 Å². The lowest BCUT2D eigenvalue weighted by molar-refractivity contribution is -0.128. The highest BCUT2D eigenvalue weighted by Gasteiger charge is 2.45. The summed E-state index contributed by atoms with van der Waals surface area (Å²) in [6.07, 6.45) is 0.562. The van der Waals surface area contributed by atoms with Crippen LogP contribution in [-0.2, 0) is 22.6 Å². The van der Waals surface area contributed by atoms with Crippen LogP contribution in [0.4, 0.5) is 0 Å². The quantitative estimate of drug-likeness (QED) is 0.616. The Morgan fingerprint density at radius 3 is 2.58 bits per heavy atom. The fraction of sp³-hybridized carbons (Fsp3) is 0.375. The molecule has 31 heavy (non-hydrogen) atoms. The molecule has 2 aliphatic heterocycles. The molecule has 0 aliphatic carbocycles. The summed E-state index contributed by atoms with van der Waals surface area (Å²) in [7, 11) is 0. The third-order valence-corrected chi connectivity index (χ3v) is 6.66. The Kier molecular flexibility index (Phi) is 5.80. The van der Waals surface area contributed by atoms with Gasteiger partial charge in [0.2, 0.25) is 5.91 Å². The Bertz CT molecular complexity index is 1010. The zero-order valence-electron chi connectivity index (χ0n) is 17.4. The number of ether oxygens (including phenoxy) is 1. The van der Waals surface area contributed by atoms with Crippen molar-refractivity contribution in [1.82, 2.24) is 19.4 Å². The molecule has 5 rings (SSSR count). The van der Waals surface area contributed by atoms with Gasteiger partial charge in [0, 0.05) is 55.5 Å². The highest BCUT2D eigenvalue weighted by molar-refractivity contribution is 7.03. The molecule has 0 radical (unpaired) electrons. The number of aromatic nitrogens is 2. The number of nitrogens with zero attached hydrogens (tertiary/aromatic N) is 4. The number of carbonyl (C=O) groups is 1. The first kappa shape index (κ1) is 20.3. The third kappa shape index (κ3) is 4.69. The van der Waals surface area contributed by atoms with Crippen LogP contribution in [0, 0.1) is 5.41 Å². The monoisotopic (exact) mass is 434 g/mol. The minimum Gasteiger partial charge on any atom is -0.379 e. The topological polar surface area (TPSA) is 58.6 Å². The van der Waals surface area contributed by atoms with Gasteiger partial charge in [0.1, 0.15) is 5.69 Å². The molecule has 0 unspecified atom stereocenters. The standard InChI is InChI=1S/C24H26N4O2S/c29-23-12-24(17-28(23)14-19-4-2-1-3-5-19)16-27(10-11-30-18-24)13-20-6-8-21(9-7-20)22-15-31-26-25-22/h1-9,15H,10-14,16-18H2/t24-/m0/s1. The molecule has 0 saturated carbocycles. The van der Waals surface area contributed by atoms with Crippen molar-refractivity contribution in [3.8, 4) is 11.3 Å². The molecule has 160 valence electrons. The molecule has 1 atom stereocenters. The van der Waals surface area contributed by atoms with E-state index in [0.29, 0.717) is 26.2 Å². The van der Waals surface area contributed by atoms with Crippen molar-refractivity contribution in [2.75, 3.05) is 32.8 Å². The van der Waals surface area contributed by atoms with Gasteiger partial charge in [-0.05, 0) is 22.7 Å². The predicted octanol–water partition coefficient (Wildman–Crippen LogP) is 3.46. The van der Waals surface area contributed by atoms with Crippen LogP contribution in [0.2, 0.25) is 0 Å².